The fourth-order valence-corrected chi connectivity index (χ4v) is 1.90. The fraction of sp³-hybridized carbons (Fsp3) is 0.333. The molecule has 14 heavy (non-hydrogen) atoms. The van der Waals surface area contributed by atoms with Gasteiger partial charge in [0.1, 0.15) is 5.75 Å². The second-order valence-corrected chi connectivity index (χ2v) is 4.35. The maximum absolute atomic E-state index is 11.2. The van der Waals surface area contributed by atoms with Crippen molar-refractivity contribution in [2.24, 2.45) is 0 Å². The second kappa shape index (κ2) is 6.45. The van der Waals surface area contributed by atoms with Crippen molar-refractivity contribution >= 4 is 10.1 Å². The topological polar surface area (TPSA) is 43.4 Å². The molecule has 0 radical (unpaired) electrons. The molecule has 0 aliphatic rings. The van der Waals surface area contributed by atoms with Gasteiger partial charge < -0.3 is 5.61 Å². The zero-order chi connectivity index (χ0) is 9.73. The van der Waals surface area contributed by atoms with Gasteiger partial charge in [0.25, 0.3) is 0 Å². The van der Waals surface area contributed by atoms with Crippen LogP contribution >= 0.6 is 0 Å². The van der Waals surface area contributed by atoms with E-state index < -0.39 is 10.1 Å². The summed E-state index contributed by atoms with van der Waals surface area (Å²) in [6.07, 6.45) is 0.565. The van der Waals surface area contributed by atoms with Gasteiger partial charge in [0.2, 0.25) is 0 Å². The molecule has 0 aromatic heterocycles. The van der Waals surface area contributed by atoms with Crippen molar-refractivity contribution < 1.29 is 43.6 Å². The van der Waals surface area contributed by atoms with Gasteiger partial charge in [-0.15, -0.1) is 0 Å². The summed E-state index contributed by atoms with van der Waals surface area (Å²) < 4.78 is 27.2. The molecule has 0 bridgehead atoms. The van der Waals surface area contributed by atoms with E-state index in [4.69, 9.17) is 4.18 Å². The van der Waals surface area contributed by atoms with Gasteiger partial charge in [-0.25, -0.2) is 0 Å². The zero-order valence-corrected chi connectivity index (χ0v) is 11.3. The molecule has 0 spiro atoms. The van der Waals surface area contributed by atoms with Crippen LogP contribution < -0.4 is 33.7 Å². The average molecular weight is 224 g/mol. The third kappa shape index (κ3) is 5.00. The summed E-state index contributed by atoms with van der Waals surface area (Å²) in [5.41, 5.74) is 0. The summed E-state index contributed by atoms with van der Waals surface area (Å²) in [6, 6.07) is 8.51. The molecule has 0 atom stereocenters. The molecule has 0 N–H and O–H groups in total. The fourth-order valence-electron chi connectivity index (χ4n) is 0.914. The third-order valence-corrected chi connectivity index (χ3v) is 2.78. The molecule has 0 saturated heterocycles. The van der Waals surface area contributed by atoms with E-state index in [-0.39, 0.29) is 36.7 Å². The van der Waals surface area contributed by atoms with Crippen LogP contribution in [0, 0.1) is 0 Å². The summed E-state index contributed by atoms with van der Waals surface area (Å²) in [7, 11) is -3.38. The SMILES string of the molecule is CCCS(=O)(=O)Oc1ccccc1.[H-].[Na+]. The normalized spacial score (nSPS) is 10.4. The number of rotatable bonds is 4. The Hall–Kier alpha value is -0.0300. The smallest absolute Gasteiger partial charge is 1.00 e. The van der Waals surface area contributed by atoms with Gasteiger partial charge in [-0.05, 0) is 18.6 Å². The molecule has 1 rings (SSSR count). The molecule has 0 aliphatic heterocycles. The first-order valence-electron chi connectivity index (χ1n) is 4.11. The maximum Gasteiger partial charge on any atom is 1.00 e. The Morgan fingerprint density at radius 2 is 1.86 bits per heavy atom. The van der Waals surface area contributed by atoms with E-state index in [9.17, 15) is 8.42 Å². The van der Waals surface area contributed by atoms with Crippen molar-refractivity contribution in [2.75, 3.05) is 5.75 Å². The molecule has 0 fully saturated rings. The monoisotopic (exact) mass is 224 g/mol. The first kappa shape index (κ1) is 14.0. The van der Waals surface area contributed by atoms with Crippen LogP contribution in [0.2, 0.25) is 0 Å². The van der Waals surface area contributed by atoms with Crippen molar-refractivity contribution in [3.05, 3.63) is 30.3 Å². The molecular weight excluding hydrogens is 211 g/mol. The summed E-state index contributed by atoms with van der Waals surface area (Å²) in [5, 5.41) is 0. The van der Waals surface area contributed by atoms with Crippen LogP contribution in [0.25, 0.3) is 0 Å². The van der Waals surface area contributed by atoms with E-state index in [0.29, 0.717) is 12.2 Å². The minimum absolute atomic E-state index is 0. The van der Waals surface area contributed by atoms with Crippen LogP contribution in [-0.2, 0) is 10.1 Å². The number of benzene rings is 1. The van der Waals surface area contributed by atoms with Crippen molar-refractivity contribution in [1.82, 2.24) is 0 Å². The van der Waals surface area contributed by atoms with Crippen LogP contribution in [0.4, 0.5) is 0 Å². The largest absolute Gasteiger partial charge is 1.00 e. The quantitative estimate of drug-likeness (QED) is 0.483. The first-order valence-corrected chi connectivity index (χ1v) is 5.69. The van der Waals surface area contributed by atoms with Crippen LogP contribution in [0.5, 0.6) is 5.75 Å². The molecule has 1 aromatic rings. The maximum atomic E-state index is 11.2. The number of hydrogen-bond acceptors (Lipinski definition) is 3. The van der Waals surface area contributed by atoms with Crippen LogP contribution in [0.15, 0.2) is 30.3 Å². The molecule has 3 nitrogen and oxygen atoms in total. The first-order chi connectivity index (χ1) is 6.14. The van der Waals surface area contributed by atoms with Gasteiger partial charge in [0.05, 0.1) is 5.75 Å². The number of hydrogen-bond donors (Lipinski definition) is 0. The molecule has 5 heteroatoms. The Kier molecular flexibility index (Phi) is 6.44. The van der Waals surface area contributed by atoms with Crippen LogP contribution in [-0.4, -0.2) is 14.2 Å². The van der Waals surface area contributed by atoms with Gasteiger partial charge in [-0.3, -0.25) is 0 Å². The zero-order valence-electron chi connectivity index (χ0n) is 9.43. The van der Waals surface area contributed by atoms with Gasteiger partial charge in [-0.2, -0.15) is 8.42 Å². The van der Waals surface area contributed by atoms with Crippen LogP contribution in [0.3, 0.4) is 0 Å². The minimum atomic E-state index is -3.38. The Morgan fingerprint density at radius 3 is 2.36 bits per heavy atom. The van der Waals surface area contributed by atoms with Gasteiger partial charge in [0, 0.05) is 0 Å². The summed E-state index contributed by atoms with van der Waals surface area (Å²) in [6.45, 7) is 1.80. The second-order valence-electron chi connectivity index (χ2n) is 2.66. The minimum Gasteiger partial charge on any atom is -1.00 e. The van der Waals surface area contributed by atoms with Crippen molar-refractivity contribution in [3.8, 4) is 5.75 Å². The summed E-state index contributed by atoms with van der Waals surface area (Å²) in [4.78, 5) is 0. The van der Waals surface area contributed by atoms with Gasteiger partial charge >= 0.3 is 39.7 Å². The van der Waals surface area contributed by atoms with E-state index in [1.807, 2.05) is 0 Å². The Balaban J connectivity index is 0. The average Bonchev–Trinajstić information content (AvgIpc) is 2.04. The predicted octanol–water partition coefficient (Wildman–Crippen LogP) is -1.08. The molecule has 1 aromatic carbocycles. The summed E-state index contributed by atoms with van der Waals surface area (Å²) >= 11 is 0. The molecular formula is C9H13NaO3S. The van der Waals surface area contributed by atoms with Crippen molar-refractivity contribution in [3.63, 3.8) is 0 Å². The summed E-state index contributed by atoms with van der Waals surface area (Å²) in [5.74, 6) is 0.429. The van der Waals surface area contributed by atoms with Gasteiger partial charge in [-0.1, -0.05) is 25.1 Å². The Bertz CT molecular complexity index is 353. The molecule has 74 valence electrons. The Labute approximate surface area is 108 Å². The Morgan fingerprint density at radius 1 is 1.29 bits per heavy atom. The third-order valence-electron chi connectivity index (χ3n) is 1.42. The van der Waals surface area contributed by atoms with E-state index in [1.54, 1.807) is 37.3 Å². The van der Waals surface area contributed by atoms with E-state index >= 15 is 0 Å². The molecule has 0 aliphatic carbocycles. The van der Waals surface area contributed by atoms with E-state index in [2.05, 4.69) is 0 Å². The van der Waals surface area contributed by atoms with Crippen molar-refractivity contribution in [2.45, 2.75) is 13.3 Å². The van der Waals surface area contributed by atoms with E-state index in [1.165, 1.54) is 0 Å². The molecule has 0 unspecified atom stereocenters. The number of para-hydroxylation sites is 1. The molecule has 0 heterocycles. The van der Waals surface area contributed by atoms with Crippen LogP contribution in [0.1, 0.15) is 14.8 Å². The van der Waals surface area contributed by atoms with Gasteiger partial charge in [0.15, 0.2) is 0 Å². The standard InChI is InChI=1S/C9H12O3S.Na.H/c1-2-8-13(10,11)12-9-6-4-3-5-7-9;;/h3-7H,2,8H2,1H3;;/q;+1;-1. The van der Waals surface area contributed by atoms with Crippen molar-refractivity contribution in [1.29, 1.82) is 0 Å². The molecule has 0 amide bonds. The van der Waals surface area contributed by atoms with E-state index in [0.717, 1.165) is 0 Å². The molecule has 0 saturated carbocycles. The predicted molar refractivity (Wildman–Crippen MR) is 52.3 cm³/mol.